The van der Waals surface area contributed by atoms with Crippen molar-refractivity contribution < 1.29 is 0 Å². The number of halogens is 1. The van der Waals surface area contributed by atoms with Crippen LogP contribution >= 0.6 is 11.6 Å². The van der Waals surface area contributed by atoms with Gasteiger partial charge in [0.2, 0.25) is 0 Å². The first-order valence-electron chi connectivity index (χ1n) is 6.83. The van der Waals surface area contributed by atoms with Gasteiger partial charge in [-0.05, 0) is 35.1 Å². The number of benzene rings is 2. The van der Waals surface area contributed by atoms with Gasteiger partial charge in [0.15, 0.2) is 0 Å². The van der Waals surface area contributed by atoms with Gasteiger partial charge in [-0.2, -0.15) is 0 Å². The van der Waals surface area contributed by atoms with Gasteiger partial charge in [-0.25, -0.2) is 0 Å². The molecular formula is C17H21Cl. The third-order valence-corrected chi connectivity index (χ3v) is 4.24. The number of fused-ring (bicyclic) bond motifs is 1. The smallest absolute Gasteiger partial charge is 0.0402 e. The van der Waals surface area contributed by atoms with E-state index in [-0.39, 0.29) is 5.38 Å². The van der Waals surface area contributed by atoms with E-state index in [1.807, 2.05) is 0 Å². The van der Waals surface area contributed by atoms with Gasteiger partial charge in [-0.3, -0.25) is 0 Å². The van der Waals surface area contributed by atoms with Crippen molar-refractivity contribution in [2.24, 2.45) is 5.92 Å². The molecule has 0 aliphatic rings. The molecule has 18 heavy (non-hydrogen) atoms. The minimum atomic E-state index is 0.232. The molecule has 0 amide bonds. The largest absolute Gasteiger partial charge is 0.122 e. The minimum Gasteiger partial charge on any atom is -0.122 e. The third-order valence-electron chi connectivity index (χ3n) is 3.66. The molecule has 2 unspecified atom stereocenters. The van der Waals surface area contributed by atoms with Crippen molar-refractivity contribution in [1.82, 2.24) is 0 Å². The highest BCUT2D eigenvalue weighted by Gasteiger charge is 2.15. The molecule has 0 heterocycles. The van der Waals surface area contributed by atoms with Crippen molar-refractivity contribution >= 4 is 22.4 Å². The van der Waals surface area contributed by atoms with Crippen LogP contribution in [0, 0.1) is 5.92 Å². The zero-order valence-electron chi connectivity index (χ0n) is 11.2. The van der Waals surface area contributed by atoms with Crippen molar-refractivity contribution in [2.45, 2.75) is 38.5 Å². The standard InChI is InChI=1S/C17H21Cl/c1-3-7-13(2)17(18)12-15-10-6-9-14-8-4-5-11-16(14)15/h4-6,8-11,13,17H,3,7,12H2,1-2H3. The van der Waals surface area contributed by atoms with Crippen molar-refractivity contribution in [3.8, 4) is 0 Å². The van der Waals surface area contributed by atoms with E-state index in [0.29, 0.717) is 5.92 Å². The Hall–Kier alpha value is -1.01. The molecule has 0 nitrogen and oxygen atoms in total. The Balaban J connectivity index is 2.21. The van der Waals surface area contributed by atoms with E-state index in [1.54, 1.807) is 0 Å². The molecule has 0 aliphatic carbocycles. The van der Waals surface area contributed by atoms with Crippen LogP contribution in [-0.4, -0.2) is 5.38 Å². The molecule has 0 spiro atoms. The van der Waals surface area contributed by atoms with Gasteiger partial charge < -0.3 is 0 Å². The van der Waals surface area contributed by atoms with Crippen LogP contribution in [0.3, 0.4) is 0 Å². The Morgan fingerprint density at radius 2 is 1.78 bits per heavy atom. The summed E-state index contributed by atoms with van der Waals surface area (Å²) in [7, 11) is 0. The zero-order chi connectivity index (χ0) is 13.0. The maximum Gasteiger partial charge on any atom is 0.0402 e. The molecule has 0 saturated carbocycles. The lowest BCUT2D eigenvalue weighted by Gasteiger charge is -2.18. The van der Waals surface area contributed by atoms with Gasteiger partial charge in [0.05, 0.1) is 0 Å². The second-order valence-electron chi connectivity index (χ2n) is 5.12. The number of alkyl halides is 1. The molecule has 2 rings (SSSR count). The van der Waals surface area contributed by atoms with Crippen LogP contribution in [0.4, 0.5) is 0 Å². The molecule has 0 radical (unpaired) electrons. The van der Waals surface area contributed by atoms with Crippen molar-refractivity contribution in [1.29, 1.82) is 0 Å². The molecule has 0 bridgehead atoms. The summed E-state index contributed by atoms with van der Waals surface area (Å²) in [6.07, 6.45) is 3.38. The van der Waals surface area contributed by atoms with Crippen LogP contribution < -0.4 is 0 Å². The predicted molar refractivity (Wildman–Crippen MR) is 81.4 cm³/mol. The quantitative estimate of drug-likeness (QED) is 0.629. The molecule has 2 aromatic carbocycles. The van der Waals surface area contributed by atoms with Gasteiger partial charge in [0, 0.05) is 5.38 Å². The highest BCUT2D eigenvalue weighted by atomic mass is 35.5. The molecule has 0 saturated heterocycles. The minimum absolute atomic E-state index is 0.232. The van der Waals surface area contributed by atoms with Crippen molar-refractivity contribution in [2.75, 3.05) is 0 Å². The van der Waals surface area contributed by atoms with Crippen LogP contribution in [0.15, 0.2) is 42.5 Å². The van der Waals surface area contributed by atoms with Crippen LogP contribution in [0.1, 0.15) is 32.3 Å². The van der Waals surface area contributed by atoms with Gasteiger partial charge >= 0.3 is 0 Å². The lowest BCUT2D eigenvalue weighted by molar-refractivity contribution is 0.494. The van der Waals surface area contributed by atoms with Crippen LogP contribution in [0.5, 0.6) is 0 Å². The van der Waals surface area contributed by atoms with E-state index in [4.69, 9.17) is 11.6 Å². The summed E-state index contributed by atoms with van der Waals surface area (Å²) < 4.78 is 0. The average molecular weight is 261 g/mol. The highest BCUT2D eigenvalue weighted by molar-refractivity contribution is 6.21. The van der Waals surface area contributed by atoms with E-state index in [2.05, 4.69) is 56.3 Å². The molecular weight excluding hydrogens is 240 g/mol. The molecule has 2 atom stereocenters. The van der Waals surface area contributed by atoms with Gasteiger partial charge in [0.1, 0.15) is 0 Å². The number of hydrogen-bond donors (Lipinski definition) is 0. The van der Waals surface area contributed by atoms with Gasteiger partial charge in [-0.15, -0.1) is 11.6 Å². The lowest BCUT2D eigenvalue weighted by atomic mass is 9.94. The molecule has 2 aromatic rings. The van der Waals surface area contributed by atoms with Crippen LogP contribution in [0.2, 0.25) is 0 Å². The zero-order valence-corrected chi connectivity index (χ0v) is 12.0. The highest BCUT2D eigenvalue weighted by Crippen LogP contribution is 2.25. The van der Waals surface area contributed by atoms with Crippen molar-refractivity contribution in [3.63, 3.8) is 0 Å². The summed E-state index contributed by atoms with van der Waals surface area (Å²) in [5, 5.41) is 2.88. The molecule has 0 aliphatic heterocycles. The Kier molecular flexibility index (Phi) is 4.66. The second kappa shape index (κ2) is 6.24. The van der Waals surface area contributed by atoms with E-state index in [0.717, 1.165) is 6.42 Å². The predicted octanol–water partition coefficient (Wildman–Crippen LogP) is 5.43. The normalized spacial score (nSPS) is 14.6. The summed E-state index contributed by atoms with van der Waals surface area (Å²) in [5.41, 5.74) is 1.37. The Morgan fingerprint density at radius 1 is 1.06 bits per heavy atom. The maximum absolute atomic E-state index is 6.54. The fourth-order valence-corrected chi connectivity index (χ4v) is 2.81. The van der Waals surface area contributed by atoms with E-state index < -0.39 is 0 Å². The summed E-state index contributed by atoms with van der Waals surface area (Å²) >= 11 is 6.54. The topological polar surface area (TPSA) is 0 Å². The number of rotatable bonds is 5. The van der Waals surface area contributed by atoms with Gasteiger partial charge in [0.25, 0.3) is 0 Å². The van der Waals surface area contributed by atoms with E-state index in [9.17, 15) is 0 Å². The number of hydrogen-bond acceptors (Lipinski definition) is 0. The lowest BCUT2D eigenvalue weighted by Crippen LogP contribution is -2.14. The first-order valence-corrected chi connectivity index (χ1v) is 7.26. The average Bonchev–Trinajstić information content (AvgIpc) is 2.39. The monoisotopic (exact) mass is 260 g/mol. The fraction of sp³-hybridized carbons (Fsp3) is 0.412. The Morgan fingerprint density at radius 3 is 2.56 bits per heavy atom. The Bertz CT molecular complexity index is 498. The summed E-state index contributed by atoms with van der Waals surface area (Å²) in [6, 6.07) is 15.0. The van der Waals surface area contributed by atoms with Gasteiger partial charge in [-0.1, -0.05) is 62.7 Å². The molecule has 1 heteroatoms. The molecule has 0 N–H and O–H groups in total. The molecule has 0 fully saturated rings. The second-order valence-corrected chi connectivity index (χ2v) is 5.68. The van der Waals surface area contributed by atoms with Crippen LogP contribution in [-0.2, 0) is 6.42 Å². The summed E-state index contributed by atoms with van der Waals surface area (Å²) in [6.45, 7) is 4.48. The molecule has 96 valence electrons. The van der Waals surface area contributed by atoms with E-state index in [1.165, 1.54) is 29.2 Å². The first kappa shape index (κ1) is 13.4. The molecule has 0 aromatic heterocycles. The SMILES string of the molecule is CCCC(C)C(Cl)Cc1cccc2ccccc12. The van der Waals surface area contributed by atoms with Crippen molar-refractivity contribution in [3.05, 3.63) is 48.0 Å². The first-order chi connectivity index (χ1) is 8.72. The Labute approximate surface area is 115 Å². The van der Waals surface area contributed by atoms with Crippen LogP contribution in [0.25, 0.3) is 10.8 Å². The van der Waals surface area contributed by atoms with E-state index >= 15 is 0 Å². The summed E-state index contributed by atoms with van der Waals surface area (Å²) in [5.74, 6) is 0.579. The fourth-order valence-electron chi connectivity index (χ4n) is 2.52. The third kappa shape index (κ3) is 3.05. The summed E-state index contributed by atoms with van der Waals surface area (Å²) in [4.78, 5) is 0. The maximum atomic E-state index is 6.54.